The van der Waals surface area contributed by atoms with Crippen molar-refractivity contribution in [1.29, 1.82) is 0 Å². The lowest BCUT2D eigenvalue weighted by molar-refractivity contribution is 0.415. The summed E-state index contributed by atoms with van der Waals surface area (Å²) >= 11 is 0. The largest absolute Gasteiger partial charge is 0.497 e. The lowest BCUT2D eigenvalue weighted by Crippen LogP contribution is -2.14. The fourth-order valence-electron chi connectivity index (χ4n) is 2.32. The first kappa shape index (κ1) is 17.8. The molecular weight excluding hydrogens is 305 g/mol. The smallest absolute Gasteiger partial charge is 0.150 e. The second kappa shape index (κ2) is 7.81. The molecule has 0 aliphatic rings. The standard InChI is InChI=1S/C19H24FN3O/c1-6-22(3)13-21-18-10-14(2)19(12-17(18)20)23(4)15-8-7-9-16(11-15)24-5/h7-13H,6H2,1-5H3/b21-13+. The topological polar surface area (TPSA) is 28.1 Å². The highest BCUT2D eigenvalue weighted by atomic mass is 19.1. The van der Waals surface area contributed by atoms with E-state index in [-0.39, 0.29) is 5.82 Å². The average molecular weight is 329 g/mol. The predicted molar refractivity (Wildman–Crippen MR) is 98.7 cm³/mol. The van der Waals surface area contributed by atoms with Gasteiger partial charge in [-0.25, -0.2) is 9.38 Å². The maximum atomic E-state index is 14.4. The molecule has 0 spiro atoms. The van der Waals surface area contributed by atoms with Crippen LogP contribution in [0.4, 0.5) is 21.5 Å². The zero-order chi connectivity index (χ0) is 17.7. The molecule has 0 aliphatic heterocycles. The molecule has 0 radical (unpaired) electrons. The zero-order valence-corrected chi connectivity index (χ0v) is 14.9. The summed E-state index contributed by atoms with van der Waals surface area (Å²) in [5, 5.41) is 0. The number of hydrogen-bond donors (Lipinski definition) is 0. The number of aryl methyl sites for hydroxylation is 1. The quantitative estimate of drug-likeness (QED) is 0.576. The first-order chi connectivity index (χ1) is 11.5. The van der Waals surface area contributed by atoms with Crippen molar-refractivity contribution >= 4 is 23.4 Å². The fourth-order valence-corrected chi connectivity index (χ4v) is 2.32. The van der Waals surface area contributed by atoms with Crippen LogP contribution in [0.1, 0.15) is 12.5 Å². The highest BCUT2D eigenvalue weighted by molar-refractivity contribution is 5.70. The van der Waals surface area contributed by atoms with Crippen LogP contribution in [-0.4, -0.2) is 39.0 Å². The average Bonchev–Trinajstić information content (AvgIpc) is 2.61. The molecule has 4 nitrogen and oxygen atoms in total. The van der Waals surface area contributed by atoms with Crippen LogP contribution in [0.15, 0.2) is 41.4 Å². The molecule has 0 bridgehead atoms. The molecule has 0 amide bonds. The van der Waals surface area contributed by atoms with E-state index in [2.05, 4.69) is 4.99 Å². The molecule has 24 heavy (non-hydrogen) atoms. The van der Waals surface area contributed by atoms with Crippen molar-refractivity contribution in [2.45, 2.75) is 13.8 Å². The van der Waals surface area contributed by atoms with Gasteiger partial charge in [0.25, 0.3) is 0 Å². The first-order valence-corrected chi connectivity index (χ1v) is 7.88. The summed E-state index contributed by atoms with van der Waals surface area (Å²) in [4.78, 5) is 8.06. The van der Waals surface area contributed by atoms with Crippen molar-refractivity contribution in [2.24, 2.45) is 4.99 Å². The molecule has 0 saturated carbocycles. The van der Waals surface area contributed by atoms with E-state index in [9.17, 15) is 4.39 Å². The van der Waals surface area contributed by atoms with Gasteiger partial charge < -0.3 is 14.5 Å². The second-order valence-corrected chi connectivity index (χ2v) is 5.67. The van der Waals surface area contributed by atoms with Crippen molar-refractivity contribution in [3.05, 3.63) is 47.8 Å². The van der Waals surface area contributed by atoms with Crippen molar-refractivity contribution in [3.63, 3.8) is 0 Å². The number of benzene rings is 2. The third kappa shape index (κ3) is 4.04. The molecule has 0 saturated heterocycles. The van der Waals surface area contributed by atoms with Gasteiger partial charge in [0.2, 0.25) is 0 Å². The summed E-state index contributed by atoms with van der Waals surface area (Å²) in [5.41, 5.74) is 3.02. The molecule has 2 rings (SSSR count). The number of ether oxygens (including phenoxy) is 1. The second-order valence-electron chi connectivity index (χ2n) is 5.67. The van der Waals surface area contributed by atoms with Crippen molar-refractivity contribution in [1.82, 2.24) is 4.90 Å². The molecule has 0 unspecified atom stereocenters. The van der Waals surface area contributed by atoms with E-state index in [1.165, 1.54) is 6.07 Å². The monoisotopic (exact) mass is 329 g/mol. The van der Waals surface area contributed by atoms with Gasteiger partial charge in [0.1, 0.15) is 11.4 Å². The van der Waals surface area contributed by atoms with Crippen molar-refractivity contribution < 1.29 is 9.13 Å². The molecule has 2 aromatic carbocycles. The van der Waals surface area contributed by atoms with Crippen LogP contribution in [0.3, 0.4) is 0 Å². The van der Waals surface area contributed by atoms with Gasteiger partial charge >= 0.3 is 0 Å². The van der Waals surface area contributed by atoms with E-state index < -0.39 is 0 Å². The number of hydrogen-bond acceptors (Lipinski definition) is 3. The predicted octanol–water partition coefficient (Wildman–Crippen LogP) is 4.52. The Balaban J connectivity index is 2.34. The number of anilines is 2. The number of methoxy groups -OCH3 is 1. The maximum Gasteiger partial charge on any atom is 0.150 e. The maximum absolute atomic E-state index is 14.4. The Morgan fingerprint density at radius 3 is 2.62 bits per heavy atom. The lowest BCUT2D eigenvalue weighted by atomic mass is 10.1. The van der Waals surface area contributed by atoms with E-state index in [0.717, 1.165) is 29.2 Å². The van der Waals surface area contributed by atoms with Gasteiger partial charge in [0.05, 0.1) is 13.4 Å². The highest BCUT2D eigenvalue weighted by Gasteiger charge is 2.12. The van der Waals surface area contributed by atoms with E-state index in [0.29, 0.717) is 5.69 Å². The van der Waals surface area contributed by atoms with E-state index in [1.54, 1.807) is 19.5 Å². The number of aliphatic imine (C=N–C) groups is 1. The molecule has 128 valence electrons. The summed E-state index contributed by atoms with van der Waals surface area (Å²) in [7, 11) is 5.44. The van der Waals surface area contributed by atoms with E-state index in [1.807, 2.05) is 62.0 Å². The minimum Gasteiger partial charge on any atom is -0.497 e. The van der Waals surface area contributed by atoms with E-state index in [4.69, 9.17) is 4.74 Å². The van der Waals surface area contributed by atoms with Gasteiger partial charge in [-0.2, -0.15) is 0 Å². The molecule has 0 fully saturated rings. The Morgan fingerprint density at radius 1 is 1.21 bits per heavy atom. The van der Waals surface area contributed by atoms with Gasteiger partial charge in [-0.05, 0) is 37.6 Å². The third-order valence-corrected chi connectivity index (χ3v) is 3.96. The van der Waals surface area contributed by atoms with Gasteiger partial charge in [-0.3, -0.25) is 0 Å². The summed E-state index contributed by atoms with van der Waals surface area (Å²) in [6.07, 6.45) is 1.64. The number of rotatable bonds is 6. The van der Waals surface area contributed by atoms with Gasteiger partial charge in [0, 0.05) is 44.1 Å². The first-order valence-electron chi connectivity index (χ1n) is 7.88. The van der Waals surface area contributed by atoms with Crippen LogP contribution >= 0.6 is 0 Å². The van der Waals surface area contributed by atoms with Crippen LogP contribution < -0.4 is 9.64 Å². The summed E-state index contributed by atoms with van der Waals surface area (Å²) in [5.74, 6) is 0.424. The molecule has 5 heteroatoms. The van der Waals surface area contributed by atoms with Crippen molar-refractivity contribution in [2.75, 3.05) is 32.6 Å². The van der Waals surface area contributed by atoms with Gasteiger partial charge in [-0.1, -0.05) is 6.07 Å². The molecule has 0 N–H and O–H groups in total. The summed E-state index contributed by atoms with van der Waals surface area (Å²) in [6.45, 7) is 4.79. The van der Waals surface area contributed by atoms with Gasteiger partial charge in [0.15, 0.2) is 5.82 Å². The van der Waals surface area contributed by atoms with Crippen LogP contribution in [-0.2, 0) is 0 Å². The molecule has 0 atom stereocenters. The Hall–Kier alpha value is -2.56. The van der Waals surface area contributed by atoms with Crippen LogP contribution in [0.2, 0.25) is 0 Å². The SMILES string of the molecule is CCN(C)/C=N/c1cc(C)c(N(C)c2cccc(OC)c2)cc1F. The molecule has 0 aliphatic carbocycles. The Bertz CT molecular complexity index is 731. The van der Waals surface area contributed by atoms with E-state index >= 15 is 0 Å². The number of nitrogens with zero attached hydrogens (tertiary/aromatic N) is 3. The Kier molecular flexibility index (Phi) is 5.79. The third-order valence-electron chi connectivity index (χ3n) is 3.96. The normalized spacial score (nSPS) is 10.9. The summed E-state index contributed by atoms with van der Waals surface area (Å²) in [6, 6.07) is 11.0. The van der Waals surface area contributed by atoms with Crippen LogP contribution in [0.5, 0.6) is 5.75 Å². The fraction of sp³-hybridized carbons (Fsp3) is 0.316. The minimum atomic E-state index is -0.342. The van der Waals surface area contributed by atoms with Crippen LogP contribution in [0, 0.1) is 12.7 Å². The molecule has 0 aromatic heterocycles. The summed E-state index contributed by atoms with van der Waals surface area (Å²) < 4.78 is 19.7. The lowest BCUT2D eigenvalue weighted by Gasteiger charge is -2.22. The highest BCUT2D eigenvalue weighted by Crippen LogP contribution is 2.33. The van der Waals surface area contributed by atoms with Crippen molar-refractivity contribution in [3.8, 4) is 5.75 Å². The molecular formula is C19H24FN3O. The van der Waals surface area contributed by atoms with Gasteiger partial charge in [-0.15, -0.1) is 0 Å². The Labute approximate surface area is 143 Å². The zero-order valence-electron chi connectivity index (χ0n) is 14.9. The van der Waals surface area contributed by atoms with Crippen LogP contribution in [0.25, 0.3) is 0 Å². The molecule has 2 aromatic rings. The number of halogens is 1. The Morgan fingerprint density at radius 2 is 1.96 bits per heavy atom. The minimum absolute atomic E-state index is 0.342. The molecule has 0 heterocycles.